The normalized spacial score (nSPS) is 24.2. The number of nitrogens with two attached hydrogens (primary N) is 1. The van der Waals surface area contributed by atoms with Crippen molar-refractivity contribution in [1.29, 1.82) is 0 Å². The lowest BCUT2D eigenvalue weighted by molar-refractivity contribution is 0.0781. The first-order valence-electron chi connectivity index (χ1n) is 6.25. The van der Waals surface area contributed by atoms with E-state index < -0.39 is 0 Å². The molecule has 1 unspecified atom stereocenters. The fourth-order valence-corrected chi connectivity index (χ4v) is 4.06. The van der Waals surface area contributed by atoms with Crippen LogP contribution in [0, 0.1) is 5.92 Å². The Labute approximate surface area is 105 Å². The summed E-state index contributed by atoms with van der Waals surface area (Å²) in [6.07, 6.45) is 4.43. The molecule has 1 saturated carbocycles. The molecule has 17 heavy (non-hydrogen) atoms. The number of ketones is 1. The van der Waals surface area contributed by atoms with E-state index >= 15 is 0 Å². The molecule has 0 saturated heterocycles. The van der Waals surface area contributed by atoms with Crippen LogP contribution in [0.4, 0.5) is 5.00 Å². The highest BCUT2D eigenvalue weighted by Crippen LogP contribution is 2.44. The molecule has 4 heteroatoms. The molecule has 92 valence electrons. The van der Waals surface area contributed by atoms with Gasteiger partial charge in [0.2, 0.25) is 0 Å². The average Bonchev–Trinajstić information content (AvgIpc) is 2.97. The largest absolute Gasteiger partial charge is 0.390 e. The van der Waals surface area contributed by atoms with Crippen LogP contribution in [0.3, 0.4) is 0 Å². The van der Waals surface area contributed by atoms with Gasteiger partial charge in [-0.2, -0.15) is 0 Å². The van der Waals surface area contributed by atoms with E-state index in [4.69, 9.17) is 10.5 Å². The maximum Gasteiger partial charge on any atom is 0.169 e. The minimum atomic E-state index is 0.0268. The Kier molecular flexibility index (Phi) is 2.71. The highest BCUT2D eigenvalue weighted by atomic mass is 32.1. The van der Waals surface area contributed by atoms with Gasteiger partial charge in [-0.1, -0.05) is 12.8 Å². The van der Waals surface area contributed by atoms with Crippen LogP contribution in [-0.2, 0) is 11.3 Å². The van der Waals surface area contributed by atoms with E-state index in [1.54, 1.807) is 0 Å². The van der Waals surface area contributed by atoms with Crippen molar-refractivity contribution >= 4 is 22.1 Å². The number of nitrogen functional groups attached to an aromatic ring is 1. The zero-order valence-electron chi connectivity index (χ0n) is 9.99. The summed E-state index contributed by atoms with van der Waals surface area (Å²) in [5.41, 5.74) is 7.88. The van der Waals surface area contributed by atoms with Crippen LogP contribution >= 0.6 is 11.3 Å². The second-order valence-corrected chi connectivity index (χ2v) is 6.11. The van der Waals surface area contributed by atoms with Gasteiger partial charge in [0.25, 0.3) is 0 Å². The first-order valence-corrected chi connectivity index (χ1v) is 7.07. The average molecular weight is 251 g/mol. The van der Waals surface area contributed by atoms with Crippen molar-refractivity contribution in [3.63, 3.8) is 0 Å². The number of fused-ring (bicyclic) bond motifs is 1. The highest BCUT2D eigenvalue weighted by molar-refractivity contribution is 7.16. The number of carbonyl (C=O) groups excluding carboxylic acids is 1. The number of hydrogen-bond acceptors (Lipinski definition) is 4. The molecule has 1 fully saturated rings. The Hall–Kier alpha value is -0.870. The van der Waals surface area contributed by atoms with E-state index in [9.17, 15) is 4.79 Å². The van der Waals surface area contributed by atoms with Crippen molar-refractivity contribution < 1.29 is 9.53 Å². The molecule has 2 aliphatic rings. The Morgan fingerprint density at radius 2 is 2.12 bits per heavy atom. The summed E-state index contributed by atoms with van der Waals surface area (Å²) in [6, 6.07) is 0. The second-order valence-electron chi connectivity index (χ2n) is 4.98. The van der Waals surface area contributed by atoms with E-state index in [1.807, 2.05) is 6.92 Å². The smallest absolute Gasteiger partial charge is 0.169 e. The lowest BCUT2D eigenvalue weighted by atomic mass is 9.93. The topological polar surface area (TPSA) is 52.3 Å². The van der Waals surface area contributed by atoms with Gasteiger partial charge in [0, 0.05) is 16.4 Å². The summed E-state index contributed by atoms with van der Waals surface area (Å²) < 4.78 is 5.57. The van der Waals surface area contributed by atoms with Crippen molar-refractivity contribution in [2.45, 2.75) is 45.3 Å². The highest BCUT2D eigenvalue weighted by Gasteiger charge is 2.34. The molecular formula is C13H17NO2S. The zero-order valence-corrected chi connectivity index (χ0v) is 10.8. The fraction of sp³-hybridized carbons (Fsp3) is 0.615. The van der Waals surface area contributed by atoms with Gasteiger partial charge in [0.05, 0.1) is 23.3 Å². The first-order chi connectivity index (χ1) is 8.18. The Bertz CT molecular complexity index is 460. The first kappa shape index (κ1) is 11.2. The monoisotopic (exact) mass is 251 g/mol. The molecule has 0 radical (unpaired) electrons. The molecule has 1 aromatic rings. The number of Topliss-reactive ketones (excluding diaryl/α,β-unsaturated/α-hetero) is 1. The summed E-state index contributed by atoms with van der Waals surface area (Å²) >= 11 is 1.53. The molecule has 1 atom stereocenters. The second kappa shape index (κ2) is 4.10. The van der Waals surface area contributed by atoms with Crippen LogP contribution < -0.4 is 5.73 Å². The third kappa shape index (κ3) is 1.70. The van der Waals surface area contributed by atoms with Crippen molar-refractivity contribution in [2.24, 2.45) is 5.92 Å². The third-order valence-corrected chi connectivity index (χ3v) is 4.90. The van der Waals surface area contributed by atoms with Gasteiger partial charge >= 0.3 is 0 Å². The van der Waals surface area contributed by atoms with Gasteiger partial charge in [0.1, 0.15) is 0 Å². The van der Waals surface area contributed by atoms with Gasteiger partial charge in [-0.05, 0) is 19.8 Å². The predicted octanol–water partition coefficient (Wildman–Crippen LogP) is 3.29. The molecule has 1 aromatic heterocycles. The predicted molar refractivity (Wildman–Crippen MR) is 68.2 cm³/mol. The lowest BCUT2D eigenvalue weighted by Gasteiger charge is -2.11. The third-order valence-electron chi connectivity index (χ3n) is 3.89. The van der Waals surface area contributed by atoms with Crippen molar-refractivity contribution in [3.8, 4) is 0 Å². The summed E-state index contributed by atoms with van der Waals surface area (Å²) in [7, 11) is 0. The maximum atomic E-state index is 12.5. The van der Waals surface area contributed by atoms with Crippen LogP contribution in [0.2, 0.25) is 0 Å². The van der Waals surface area contributed by atoms with Crippen molar-refractivity contribution in [3.05, 3.63) is 16.0 Å². The van der Waals surface area contributed by atoms with Gasteiger partial charge < -0.3 is 10.5 Å². The number of ether oxygens (including phenoxy) is 1. The Balaban J connectivity index is 1.99. The van der Waals surface area contributed by atoms with Crippen molar-refractivity contribution in [2.75, 3.05) is 5.73 Å². The Morgan fingerprint density at radius 3 is 2.82 bits per heavy atom. The number of carbonyl (C=O) groups is 1. The number of thiophene rings is 1. The molecule has 0 bridgehead atoms. The molecule has 2 N–H and O–H groups in total. The molecular weight excluding hydrogens is 234 g/mol. The minimum Gasteiger partial charge on any atom is -0.390 e. The van der Waals surface area contributed by atoms with E-state index in [-0.39, 0.29) is 17.8 Å². The van der Waals surface area contributed by atoms with Crippen LogP contribution in [0.25, 0.3) is 0 Å². The molecule has 0 aromatic carbocycles. The van der Waals surface area contributed by atoms with Crippen molar-refractivity contribution in [1.82, 2.24) is 0 Å². The summed E-state index contributed by atoms with van der Waals surface area (Å²) in [6.45, 7) is 2.62. The van der Waals surface area contributed by atoms with Gasteiger partial charge in [0.15, 0.2) is 5.78 Å². The van der Waals surface area contributed by atoms with Gasteiger partial charge in [-0.3, -0.25) is 4.79 Å². The van der Waals surface area contributed by atoms with Gasteiger partial charge in [-0.25, -0.2) is 0 Å². The molecule has 3 nitrogen and oxygen atoms in total. The van der Waals surface area contributed by atoms with Crippen LogP contribution in [0.15, 0.2) is 0 Å². The molecule has 3 rings (SSSR count). The van der Waals surface area contributed by atoms with E-state index in [1.165, 1.54) is 24.2 Å². The summed E-state index contributed by atoms with van der Waals surface area (Å²) in [5, 5.41) is 0.696. The molecule has 1 aliphatic carbocycles. The van der Waals surface area contributed by atoms with E-state index in [0.29, 0.717) is 11.6 Å². The lowest BCUT2D eigenvalue weighted by Crippen LogP contribution is -2.14. The van der Waals surface area contributed by atoms with Crippen LogP contribution in [0.5, 0.6) is 0 Å². The van der Waals surface area contributed by atoms with Gasteiger partial charge in [-0.15, -0.1) is 11.3 Å². The standard InChI is InChI=1S/C13H17NO2S/c1-7-10-9(6-16-7)17-13(14)11(10)12(15)8-4-2-3-5-8/h7-8H,2-6,14H2,1H3. The minimum absolute atomic E-state index is 0.0268. The molecule has 2 heterocycles. The van der Waals surface area contributed by atoms with E-state index in [2.05, 4.69) is 0 Å². The SMILES string of the molecule is CC1OCc2sc(N)c(C(=O)C3CCCC3)c21. The number of anilines is 1. The molecule has 1 aliphatic heterocycles. The Morgan fingerprint density at radius 1 is 1.41 bits per heavy atom. The maximum absolute atomic E-state index is 12.5. The van der Waals surface area contributed by atoms with E-state index in [0.717, 1.165) is 28.8 Å². The van der Waals surface area contributed by atoms with Crippen LogP contribution in [-0.4, -0.2) is 5.78 Å². The number of hydrogen-bond donors (Lipinski definition) is 1. The fourth-order valence-electron chi connectivity index (χ4n) is 2.98. The molecule has 0 amide bonds. The zero-order chi connectivity index (χ0) is 12.0. The summed E-state index contributed by atoms with van der Waals surface area (Å²) in [4.78, 5) is 13.7. The number of rotatable bonds is 2. The summed E-state index contributed by atoms with van der Waals surface area (Å²) in [5.74, 6) is 0.457. The molecule has 0 spiro atoms. The van der Waals surface area contributed by atoms with Crippen LogP contribution in [0.1, 0.15) is 59.5 Å². The quantitative estimate of drug-likeness (QED) is 0.820.